The molecule has 22 heavy (non-hydrogen) atoms. The zero-order valence-electron chi connectivity index (χ0n) is 12.9. The Bertz CT molecular complexity index is 489. The number of amides is 3. The van der Waals surface area contributed by atoms with Crippen LogP contribution in [-0.4, -0.2) is 17.7 Å². The third-order valence-electron chi connectivity index (χ3n) is 2.99. The van der Waals surface area contributed by atoms with Crippen LogP contribution in [0.25, 0.3) is 0 Å². The van der Waals surface area contributed by atoms with Crippen molar-refractivity contribution in [3.8, 4) is 0 Å². The van der Waals surface area contributed by atoms with E-state index in [4.69, 9.17) is 0 Å². The van der Waals surface area contributed by atoms with E-state index in [2.05, 4.69) is 23.1 Å². The average molecular weight is 305 g/mol. The van der Waals surface area contributed by atoms with Crippen LogP contribution in [0, 0.1) is 0 Å². The van der Waals surface area contributed by atoms with Gasteiger partial charge in [0.05, 0.1) is 0 Å². The molecule has 3 N–H and O–H groups in total. The van der Waals surface area contributed by atoms with Crippen molar-refractivity contribution in [3.05, 3.63) is 30.3 Å². The summed E-state index contributed by atoms with van der Waals surface area (Å²) in [6, 6.07) is 9.03. The monoisotopic (exact) mass is 305 g/mol. The summed E-state index contributed by atoms with van der Waals surface area (Å²) in [5.74, 6) is -0.835. The minimum Gasteiger partial charge on any atom is -0.326 e. The molecule has 0 aromatic heterocycles. The van der Waals surface area contributed by atoms with E-state index in [0.717, 1.165) is 19.3 Å². The van der Waals surface area contributed by atoms with E-state index < -0.39 is 0 Å². The second-order valence-electron chi connectivity index (χ2n) is 4.97. The topological polar surface area (TPSA) is 87.3 Å². The molecule has 0 atom stereocenters. The molecule has 0 saturated carbocycles. The van der Waals surface area contributed by atoms with E-state index in [-0.39, 0.29) is 30.6 Å². The van der Waals surface area contributed by atoms with Crippen molar-refractivity contribution in [3.63, 3.8) is 0 Å². The van der Waals surface area contributed by atoms with Gasteiger partial charge in [0.2, 0.25) is 17.7 Å². The van der Waals surface area contributed by atoms with Crippen LogP contribution in [0.1, 0.15) is 45.4 Å². The zero-order chi connectivity index (χ0) is 16.2. The summed E-state index contributed by atoms with van der Waals surface area (Å²) in [5, 5.41) is 2.69. The number of anilines is 1. The number of benzene rings is 1. The Hall–Kier alpha value is -2.37. The van der Waals surface area contributed by atoms with Gasteiger partial charge in [-0.25, -0.2) is 0 Å². The first-order valence-corrected chi connectivity index (χ1v) is 7.54. The van der Waals surface area contributed by atoms with Gasteiger partial charge in [-0.2, -0.15) is 0 Å². The molecule has 0 spiro atoms. The van der Waals surface area contributed by atoms with E-state index in [1.54, 1.807) is 12.1 Å². The SMILES string of the molecule is CCCCCC(=O)NNC(=O)CCC(=O)Nc1ccccc1. The fourth-order valence-corrected chi connectivity index (χ4v) is 1.77. The van der Waals surface area contributed by atoms with Crippen molar-refractivity contribution in [1.82, 2.24) is 10.9 Å². The Morgan fingerprint density at radius 1 is 0.818 bits per heavy atom. The highest BCUT2D eigenvalue weighted by Crippen LogP contribution is 2.05. The number of hydrazine groups is 1. The lowest BCUT2D eigenvalue weighted by Crippen LogP contribution is -2.41. The third-order valence-corrected chi connectivity index (χ3v) is 2.99. The second-order valence-corrected chi connectivity index (χ2v) is 4.97. The van der Waals surface area contributed by atoms with Crippen LogP contribution in [0.5, 0.6) is 0 Å². The van der Waals surface area contributed by atoms with E-state index >= 15 is 0 Å². The maximum atomic E-state index is 11.7. The lowest BCUT2D eigenvalue weighted by atomic mass is 10.2. The van der Waals surface area contributed by atoms with Crippen LogP contribution in [0.4, 0.5) is 5.69 Å². The van der Waals surface area contributed by atoms with Crippen molar-refractivity contribution in [2.75, 3.05) is 5.32 Å². The maximum absolute atomic E-state index is 11.7. The highest BCUT2D eigenvalue weighted by Gasteiger charge is 2.08. The predicted molar refractivity (Wildman–Crippen MR) is 84.7 cm³/mol. The normalized spacial score (nSPS) is 9.86. The van der Waals surface area contributed by atoms with E-state index in [1.807, 2.05) is 18.2 Å². The van der Waals surface area contributed by atoms with Crippen LogP contribution in [0.2, 0.25) is 0 Å². The molecule has 1 aromatic rings. The summed E-state index contributed by atoms with van der Waals surface area (Å²) < 4.78 is 0. The van der Waals surface area contributed by atoms with Crippen molar-refractivity contribution in [2.24, 2.45) is 0 Å². The van der Waals surface area contributed by atoms with Crippen molar-refractivity contribution < 1.29 is 14.4 Å². The number of para-hydroxylation sites is 1. The number of hydrogen-bond donors (Lipinski definition) is 3. The summed E-state index contributed by atoms with van der Waals surface area (Å²) in [6.07, 6.45) is 3.30. The van der Waals surface area contributed by atoms with Gasteiger partial charge in [-0.15, -0.1) is 0 Å². The summed E-state index contributed by atoms with van der Waals surface area (Å²) in [5.41, 5.74) is 5.35. The third kappa shape index (κ3) is 8.04. The number of nitrogens with one attached hydrogen (secondary N) is 3. The summed E-state index contributed by atoms with van der Waals surface area (Å²) in [7, 11) is 0. The maximum Gasteiger partial charge on any atom is 0.238 e. The fourth-order valence-electron chi connectivity index (χ4n) is 1.77. The molecule has 120 valence electrons. The van der Waals surface area contributed by atoms with Crippen LogP contribution in [0.3, 0.4) is 0 Å². The molecular formula is C16H23N3O3. The Morgan fingerprint density at radius 3 is 2.05 bits per heavy atom. The molecule has 6 nitrogen and oxygen atoms in total. The van der Waals surface area contributed by atoms with Crippen LogP contribution in [0.15, 0.2) is 30.3 Å². The molecule has 6 heteroatoms. The van der Waals surface area contributed by atoms with Crippen LogP contribution < -0.4 is 16.2 Å². The number of hydrogen-bond acceptors (Lipinski definition) is 3. The first-order chi connectivity index (χ1) is 10.6. The minimum absolute atomic E-state index is 0.0217. The largest absolute Gasteiger partial charge is 0.326 e. The fraction of sp³-hybridized carbons (Fsp3) is 0.438. The predicted octanol–water partition coefficient (Wildman–Crippen LogP) is 2.13. The zero-order valence-corrected chi connectivity index (χ0v) is 12.9. The van der Waals surface area contributed by atoms with Crippen molar-refractivity contribution >= 4 is 23.4 Å². The highest BCUT2D eigenvalue weighted by molar-refractivity contribution is 5.93. The number of rotatable bonds is 8. The Kier molecular flexibility index (Phi) is 8.33. The molecule has 0 saturated heterocycles. The lowest BCUT2D eigenvalue weighted by Gasteiger charge is -2.07. The van der Waals surface area contributed by atoms with E-state index in [9.17, 15) is 14.4 Å². The lowest BCUT2D eigenvalue weighted by molar-refractivity contribution is -0.129. The van der Waals surface area contributed by atoms with Crippen molar-refractivity contribution in [1.29, 1.82) is 0 Å². The second kappa shape index (κ2) is 10.4. The molecule has 0 aliphatic heterocycles. The first kappa shape index (κ1) is 17.7. The quantitative estimate of drug-likeness (QED) is 0.508. The van der Waals surface area contributed by atoms with Crippen LogP contribution >= 0.6 is 0 Å². The Morgan fingerprint density at radius 2 is 1.41 bits per heavy atom. The van der Waals surface area contributed by atoms with E-state index in [1.165, 1.54) is 0 Å². The molecule has 1 aromatic carbocycles. The number of carbonyl (C=O) groups excluding carboxylic acids is 3. The molecule has 0 aliphatic carbocycles. The molecule has 0 bridgehead atoms. The van der Waals surface area contributed by atoms with E-state index in [0.29, 0.717) is 12.1 Å². The van der Waals surface area contributed by atoms with Gasteiger partial charge in [0.1, 0.15) is 0 Å². The molecule has 3 amide bonds. The number of unbranched alkanes of at least 4 members (excludes halogenated alkanes) is 2. The molecule has 0 heterocycles. The van der Waals surface area contributed by atoms with Gasteiger partial charge in [-0.1, -0.05) is 38.0 Å². The molecule has 0 aliphatic rings. The summed E-state index contributed by atoms with van der Waals surface area (Å²) in [6.45, 7) is 2.06. The minimum atomic E-state index is -0.382. The van der Waals surface area contributed by atoms with Gasteiger partial charge in [0.15, 0.2) is 0 Å². The smallest absolute Gasteiger partial charge is 0.238 e. The molecule has 0 radical (unpaired) electrons. The van der Waals surface area contributed by atoms with Gasteiger partial charge in [0.25, 0.3) is 0 Å². The van der Waals surface area contributed by atoms with Crippen LogP contribution in [-0.2, 0) is 14.4 Å². The van der Waals surface area contributed by atoms with Gasteiger partial charge >= 0.3 is 0 Å². The van der Waals surface area contributed by atoms with Gasteiger partial charge in [-0.05, 0) is 18.6 Å². The molecule has 1 rings (SSSR count). The summed E-state index contributed by atoms with van der Waals surface area (Å²) >= 11 is 0. The molecular weight excluding hydrogens is 282 g/mol. The molecule has 0 unspecified atom stereocenters. The molecule has 0 fully saturated rings. The van der Waals surface area contributed by atoms with Gasteiger partial charge in [0, 0.05) is 24.9 Å². The standard InChI is InChI=1S/C16H23N3O3/c1-2-3-5-10-15(21)18-19-16(22)12-11-14(20)17-13-8-6-4-7-9-13/h4,6-9H,2-3,5,10-12H2,1H3,(H,17,20)(H,18,21)(H,19,22). The van der Waals surface area contributed by atoms with Gasteiger partial charge < -0.3 is 5.32 Å². The average Bonchev–Trinajstić information content (AvgIpc) is 2.52. The summed E-state index contributed by atoms with van der Waals surface area (Å²) in [4.78, 5) is 34.6. The number of carbonyl (C=O) groups is 3. The van der Waals surface area contributed by atoms with Gasteiger partial charge in [-0.3, -0.25) is 25.2 Å². The first-order valence-electron chi connectivity index (χ1n) is 7.54. The van der Waals surface area contributed by atoms with Crippen molar-refractivity contribution in [2.45, 2.75) is 45.4 Å². The Labute approximate surface area is 130 Å². The highest BCUT2D eigenvalue weighted by atomic mass is 16.2. The Balaban J connectivity index is 2.14.